The Bertz CT molecular complexity index is 451. The molecule has 6 atom stereocenters. The first kappa shape index (κ1) is 13.1. The van der Waals surface area contributed by atoms with Gasteiger partial charge in [0.1, 0.15) is 6.10 Å². The summed E-state index contributed by atoms with van der Waals surface area (Å²) in [6, 6.07) is 0. The number of hydrogen-bond donors (Lipinski definition) is 2. The summed E-state index contributed by atoms with van der Waals surface area (Å²) in [5.74, 6) is -0.723. The molecule has 1 aliphatic heterocycles. The van der Waals surface area contributed by atoms with Gasteiger partial charge in [-0.2, -0.15) is 0 Å². The van der Waals surface area contributed by atoms with Crippen molar-refractivity contribution >= 4 is 5.97 Å². The summed E-state index contributed by atoms with van der Waals surface area (Å²) in [4.78, 5) is 11.8. The molecule has 0 aromatic heterocycles. The van der Waals surface area contributed by atoms with Gasteiger partial charge in [0.15, 0.2) is 0 Å². The summed E-state index contributed by atoms with van der Waals surface area (Å²) in [5.41, 5.74) is 1.38. The highest BCUT2D eigenvalue weighted by atomic mass is 16.6. The molecule has 0 bridgehead atoms. The van der Waals surface area contributed by atoms with Gasteiger partial charge >= 0.3 is 5.97 Å². The lowest BCUT2D eigenvalue weighted by molar-refractivity contribution is -0.143. The molecule has 1 heterocycles. The number of fused-ring (bicyclic) bond motifs is 3. The third-order valence-corrected chi connectivity index (χ3v) is 5.34. The molecule has 2 N–H and O–H groups in total. The van der Waals surface area contributed by atoms with E-state index in [1.165, 1.54) is 5.57 Å². The van der Waals surface area contributed by atoms with E-state index in [0.29, 0.717) is 6.42 Å². The zero-order valence-corrected chi connectivity index (χ0v) is 11.7. The molecule has 106 valence electrons. The molecule has 2 aliphatic carbocycles. The van der Waals surface area contributed by atoms with Crippen LogP contribution in [0, 0.1) is 17.8 Å². The number of ether oxygens (including phenoxy) is 1. The summed E-state index contributed by atoms with van der Waals surface area (Å²) in [6.45, 7) is 5.67. The number of carbonyl (C=O) groups is 1. The molecule has 0 amide bonds. The molecule has 1 saturated heterocycles. The Morgan fingerprint density at radius 2 is 2.11 bits per heavy atom. The fourth-order valence-corrected chi connectivity index (χ4v) is 4.28. The van der Waals surface area contributed by atoms with Gasteiger partial charge in [0.25, 0.3) is 0 Å². The summed E-state index contributed by atoms with van der Waals surface area (Å²) >= 11 is 0. The van der Waals surface area contributed by atoms with Gasteiger partial charge in [0, 0.05) is 18.3 Å². The molecule has 1 saturated carbocycles. The van der Waals surface area contributed by atoms with E-state index in [-0.39, 0.29) is 29.8 Å². The number of carbonyl (C=O) groups excluding carboxylic acids is 1. The number of rotatable bonds is 0. The highest BCUT2D eigenvalue weighted by molar-refractivity contribution is 5.76. The van der Waals surface area contributed by atoms with Crippen LogP contribution in [0.25, 0.3) is 0 Å². The highest BCUT2D eigenvalue weighted by Crippen LogP contribution is 2.51. The Hall–Kier alpha value is -0.870. The van der Waals surface area contributed by atoms with Gasteiger partial charge in [0.2, 0.25) is 0 Å². The number of esters is 1. The van der Waals surface area contributed by atoms with Crippen LogP contribution < -0.4 is 0 Å². The molecule has 0 aromatic carbocycles. The van der Waals surface area contributed by atoms with Crippen molar-refractivity contribution in [1.82, 2.24) is 0 Å². The van der Waals surface area contributed by atoms with Crippen molar-refractivity contribution in [3.05, 3.63) is 11.1 Å². The van der Waals surface area contributed by atoms with E-state index < -0.39 is 11.7 Å². The Morgan fingerprint density at radius 3 is 2.79 bits per heavy atom. The number of hydrogen-bond acceptors (Lipinski definition) is 4. The molecule has 3 aliphatic rings. The van der Waals surface area contributed by atoms with E-state index in [1.54, 1.807) is 6.92 Å². The van der Waals surface area contributed by atoms with Crippen LogP contribution in [0.1, 0.15) is 40.0 Å². The second-order valence-corrected chi connectivity index (χ2v) is 6.68. The van der Waals surface area contributed by atoms with Gasteiger partial charge in [0.05, 0.1) is 17.6 Å². The van der Waals surface area contributed by atoms with Crippen molar-refractivity contribution in [2.75, 3.05) is 0 Å². The fourth-order valence-electron chi connectivity index (χ4n) is 4.28. The fraction of sp³-hybridized carbons (Fsp3) is 0.800. The van der Waals surface area contributed by atoms with E-state index in [4.69, 9.17) is 4.74 Å². The minimum atomic E-state index is -0.914. The summed E-state index contributed by atoms with van der Waals surface area (Å²) < 4.78 is 5.54. The zero-order chi connectivity index (χ0) is 13.9. The number of aliphatic hydroxyl groups is 2. The lowest BCUT2D eigenvalue weighted by atomic mass is 9.81. The van der Waals surface area contributed by atoms with Crippen LogP contribution in [-0.2, 0) is 9.53 Å². The quantitative estimate of drug-likeness (QED) is 0.514. The predicted molar refractivity (Wildman–Crippen MR) is 69.2 cm³/mol. The molecule has 0 aromatic rings. The Labute approximate surface area is 113 Å². The van der Waals surface area contributed by atoms with Crippen molar-refractivity contribution in [2.45, 2.75) is 57.8 Å². The lowest BCUT2D eigenvalue weighted by Crippen LogP contribution is -2.38. The SMILES string of the molecule is CC1=C2[C@H]3OC(=O)[C@@H](C)[C@H]3[C@@H](O)C[C@](C)(O)[C@@H]2CC1. The standard InChI is InChI=1S/C15H22O4/c1-7-4-5-9-11(7)13-12(8(2)14(17)19-13)10(16)6-15(9,3)18/h8-10,12-13,16,18H,4-6H2,1-3H3/t8-,9+,10-,12-,13+,15-/m0/s1. The first-order valence-corrected chi connectivity index (χ1v) is 7.13. The van der Waals surface area contributed by atoms with Gasteiger partial charge in [-0.3, -0.25) is 4.79 Å². The summed E-state index contributed by atoms with van der Waals surface area (Å²) in [6.07, 6.45) is 1.12. The molecule has 4 heteroatoms. The van der Waals surface area contributed by atoms with Crippen LogP contribution >= 0.6 is 0 Å². The maximum absolute atomic E-state index is 11.8. The van der Waals surface area contributed by atoms with Crippen molar-refractivity contribution in [3.63, 3.8) is 0 Å². The first-order chi connectivity index (χ1) is 8.83. The van der Waals surface area contributed by atoms with Crippen LogP contribution in [-0.4, -0.2) is 34.0 Å². The van der Waals surface area contributed by atoms with E-state index in [9.17, 15) is 15.0 Å². The van der Waals surface area contributed by atoms with Crippen LogP contribution in [0.3, 0.4) is 0 Å². The maximum Gasteiger partial charge on any atom is 0.309 e. The molecule has 3 rings (SSSR count). The number of allylic oxidation sites excluding steroid dienone is 1. The smallest absolute Gasteiger partial charge is 0.309 e. The Morgan fingerprint density at radius 1 is 1.42 bits per heavy atom. The monoisotopic (exact) mass is 266 g/mol. The summed E-state index contributed by atoms with van der Waals surface area (Å²) in [7, 11) is 0. The normalized spacial score (nSPS) is 49.7. The lowest BCUT2D eigenvalue weighted by Gasteiger charge is -2.31. The minimum Gasteiger partial charge on any atom is -0.457 e. The first-order valence-electron chi connectivity index (χ1n) is 7.13. The van der Waals surface area contributed by atoms with Crippen molar-refractivity contribution in [1.29, 1.82) is 0 Å². The third kappa shape index (κ3) is 1.77. The molecular formula is C15H22O4. The maximum atomic E-state index is 11.8. The number of aliphatic hydroxyl groups excluding tert-OH is 1. The van der Waals surface area contributed by atoms with Crippen molar-refractivity contribution < 1.29 is 19.7 Å². The second-order valence-electron chi connectivity index (χ2n) is 6.68. The van der Waals surface area contributed by atoms with Crippen LogP contribution in [0.4, 0.5) is 0 Å². The van der Waals surface area contributed by atoms with Gasteiger partial charge < -0.3 is 14.9 Å². The van der Waals surface area contributed by atoms with E-state index in [0.717, 1.165) is 18.4 Å². The largest absolute Gasteiger partial charge is 0.457 e. The van der Waals surface area contributed by atoms with E-state index in [2.05, 4.69) is 6.92 Å². The van der Waals surface area contributed by atoms with E-state index in [1.807, 2.05) is 6.92 Å². The summed E-state index contributed by atoms with van der Waals surface area (Å²) in [5, 5.41) is 21.1. The van der Waals surface area contributed by atoms with Gasteiger partial charge in [-0.15, -0.1) is 0 Å². The average Bonchev–Trinajstić information content (AvgIpc) is 2.78. The van der Waals surface area contributed by atoms with Crippen LogP contribution in [0.2, 0.25) is 0 Å². The predicted octanol–water partition coefficient (Wildman–Crippen LogP) is 1.41. The Balaban J connectivity index is 2.09. The molecule has 19 heavy (non-hydrogen) atoms. The zero-order valence-electron chi connectivity index (χ0n) is 11.7. The van der Waals surface area contributed by atoms with Crippen molar-refractivity contribution in [3.8, 4) is 0 Å². The topological polar surface area (TPSA) is 66.8 Å². The van der Waals surface area contributed by atoms with E-state index >= 15 is 0 Å². The molecule has 0 unspecified atom stereocenters. The molecule has 0 spiro atoms. The average molecular weight is 266 g/mol. The van der Waals surface area contributed by atoms with Gasteiger partial charge in [-0.1, -0.05) is 12.5 Å². The molecule has 0 radical (unpaired) electrons. The molecular weight excluding hydrogens is 244 g/mol. The van der Waals surface area contributed by atoms with Crippen molar-refractivity contribution in [2.24, 2.45) is 17.8 Å². The highest BCUT2D eigenvalue weighted by Gasteiger charge is 2.56. The minimum absolute atomic E-state index is 0.00949. The van der Waals surface area contributed by atoms with Crippen LogP contribution in [0.5, 0.6) is 0 Å². The Kier molecular flexibility index (Phi) is 2.81. The van der Waals surface area contributed by atoms with Gasteiger partial charge in [-0.25, -0.2) is 0 Å². The van der Waals surface area contributed by atoms with Gasteiger partial charge in [-0.05, 0) is 32.3 Å². The molecule has 4 nitrogen and oxygen atoms in total. The molecule has 2 fully saturated rings. The second kappa shape index (κ2) is 4.06. The van der Waals surface area contributed by atoms with Crippen LogP contribution in [0.15, 0.2) is 11.1 Å². The third-order valence-electron chi connectivity index (χ3n) is 5.34.